The average molecular weight is 337 g/mol. The van der Waals surface area contributed by atoms with Crippen molar-refractivity contribution in [2.75, 3.05) is 18.4 Å². The molecule has 0 bridgehead atoms. The molecule has 1 atom stereocenters. The third kappa shape index (κ3) is 4.91. The van der Waals surface area contributed by atoms with Gasteiger partial charge in [-0.25, -0.2) is 0 Å². The number of carbonyl (C=O) groups excluding carboxylic acids is 1. The molecule has 4 heteroatoms. The first-order valence-corrected chi connectivity index (χ1v) is 9.04. The summed E-state index contributed by atoms with van der Waals surface area (Å²) in [7, 11) is 0. The molecule has 1 saturated heterocycles. The van der Waals surface area contributed by atoms with Gasteiger partial charge in [0.15, 0.2) is 0 Å². The maximum Gasteiger partial charge on any atom is 0.245 e. The van der Waals surface area contributed by atoms with Crippen LogP contribution >= 0.6 is 0 Å². The molecule has 132 valence electrons. The van der Waals surface area contributed by atoms with Crippen molar-refractivity contribution in [1.29, 1.82) is 0 Å². The molecule has 1 heterocycles. The number of nitrogens with one attached hydrogen (secondary N) is 1. The van der Waals surface area contributed by atoms with E-state index in [0.717, 1.165) is 23.7 Å². The van der Waals surface area contributed by atoms with E-state index in [4.69, 9.17) is 5.73 Å². The average Bonchev–Trinajstić information content (AvgIpc) is 2.65. The molecule has 2 aromatic carbocycles. The first-order valence-electron chi connectivity index (χ1n) is 9.04. The van der Waals surface area contributed by atoms with Gasteiger partial charge in [0.2, 0.25) is 5.91 Å². The fourth-order valence-corrected chi connectivity index (χ4v) is 3.20. The summed E-state index contributed by atoms with van der Waals surface area (Å²) in [6.07, 6.45) is 2.57. The van der Waals surface area contributed by atoms with E-state index in [-0.39, 0.29) is 5.91 Å². The molecule has 0 spiro atoms. The second kappa shape index (κ2) is 8.28. The number of amides is 1. The van der Waals surface area contributed by atoms with E-state index in [9.17, 15) is 4.79 Å². The Morgan fingerprint density at radius 2 is 1.76 bits per heavy atom. The predicted molar refractivity (Wildman–Crippen MR) is 102 cm³/mol. The molecule has 1 aliphatic heterocycles. The lowest BCUT2D eigenvalue weighted by atomic mass is 9.99. The quantitative estimate of drug-likeness (QED) is 0.877. The second-order valence-corrected chi connectivity index (χ2v) is 7.03. The van der Waals surface area contributed by atoms with Crippen LogP contribution < -0.4 is 11.1 Å². The van der Waals surface area contributed by atoms with Gasteiger partial charge in [-0.2, -0.15) is 0 Å². The standard InChI is InChI=1S/C21H27N3O/c1-16-11-13-24(14-12-16)15-17-7-9-19(10-8-17)23-21(25)20(22)18-5-3-2-4-6-18/h2-10,16,20H,11-15,22H2,1H3,(H,23,25). The zero-order valence-corrected chi connectivity index (χ0v) is 14.8. The maximum atomic E-state index is 12.3. The number of hydrogen-bond donors (Lipinski definition) is 2. The van der Waals surface area contributed by atoms with Crippen LogP contribution in [0.3, 0.4) is 0 Å². The fourth-order valence-electron chi connectivity index (χ4n) is 3.20. The highest BCUT2D eigenvalue weighted by Gasteiger charge is 2.17. The van der Waals surface area contributed by atoms with Gasteiger partial charge in [-0.1, -0.05) is 49.4 Å². The Bertz CT molecular complexity index is 676. The van der Waals surface area contributed by atoms with Crippen LogP contribution in [0.1, 0.15) is 36.9 Å². The summed E-state index contributed by atoms with van der Waals surface area (Å²) < 4.78 is 0. The van der Waals surface area contributed by atoms with Crippen molar-refractivity contribution >= 4 is 11.6 Å². The lowest BCUT2D eigenvalue weighted by Crippen LogP contribution is -2.32. The number of rotatable bonds is 5. The van der Waals surface area contributed by atoms with Gasteiger partial charge in [0, 0.05) is 12.2 Å². The molecular weight excluding hydrogens is 310 g/mol. The first-order chi connectivity index (χ1) is 12.1. The van der Waals surface area contributed by atoms with Crippen LogP contribution in [0.4, 0.5) is 5.69 Å². The molecule has 1 amide bonds. The van der Waals surface area contributed by atoms with Crippen molar-refractivity contribution in [1.82, 2.24) is 4.90 Å². The normalized spacial score (nSPS) is 17.2. The zero-order valence-electron chi connectivity index (χ0n) is 14.8. The highest BCUT2D eigenvalue weighted by atomic mass is 16.2. The smallest absolute Gasteiger partial charge is 0.245 e. The minimum Gasteiger partial charge on any atom is -0.324 e. The Kier molecular flexibility index (Phi) is 5.84. The molecule has 25 heavy (non-hydrogen) atoms. The second-order valence-electron chi connectivity index (χ2n) is 7.03. The highest BCUT2D eigenvalue weighted by Crippen LogP contribution is 2.19. The van der Waals surface area contributed by atoms with Crippen molar-refractivity contribution in [3.8, 4) is 0 Å². The number of anilines is 1. The Morgan fingerprint density at radius 3 is 2.40 bits per heavy atom. The maximum absolute atomic E-state index is 12.3. The molecule has 0 radical (unpaired) electrons. The molecule has 3 rings (SSSR count). The van der Waals surface area contributed by atoms with Crippen molar-refractivity contribution < 1.29 is 4.79 Å². The Balaban J connectivity index is 1.54. The van der Waals surface area contributed by atoms with E-state index in [1.54, 1.807) is 0 Å². The van der Waals surface area contributed by atoms with Gasteiger partial charge >= 0.3 is 0 Å². The van der Waals surface area contributed by atoms with Crippen LogP contribution in [0.15, 0.2) is 54.6 Å². The summed E-state index contributed by atoms with van der Waals surface area (Å²) in [6.45, 7) is 5.65. The van der Waals surface area contributed by atoms with Crippen LogP contribution in [-0.4, -0.2) is 23.9 Å². The van der Waals surface area contributed by atoms with Crippen molar-refractivity contribution in [3.05, 3.63) is 65.7 Å². The van der Waals surface area contributed by atoms with Gasteiger partial charge in [0.1, 0.15) is 6.04 Å². The Hall–Kier alpha value is -2.17. The zero-order chi connectivity index (χ0) is 17.6. The minimum absolute atomic E-state index is 0.191. The van der Waals surface area contributed by atoms with Crippen LogP contribution in [0.5, 0.6) is 0 Å². The van der Waals surface area contributed by atoms with E-state index in [1.807, 2.05) is 42.5 Å². The predicted octanol–water partition coefficient (Wildman–Crippen LogP) is 3.56. The van der Waals surface area contributed by atoms with Gasteiger partial charge in [-0.05, 0) is 55.1 Å². The van der Waals surface area contributed by atoms with Crippen LogP contribution in [0.25, 0.3) is 0 Å². The third-order valence-corrected chi connectivity index (χ3v) is 4.95. The number of likely N-dealkylation sites (tertiary alicyclic amines) is 1. The van der Waals surface area contributed by atoms with Crippen molar-refractivity contribution in [2.45, 2.75) is 32.4 Å². The monoisotopic (exact) mass is 337 g/mol. The molecule has 4 nitrogen and oxygen atoms in total. The van der Waals surface area contributed by atoms with E-state index in [1.165, 1.54) is 31.5 Å². The molecule has 0 aliphatic carbocycles. The Morgan fingerprint density at radius 1 is 1.12 bits per heavy atom. The van der Waals surface area contributed by atoms with E-state index >= 15 is 0 Å². The molecule has 1 unspecified atom stereocenters. The Labute approximate surface area is 150 Å². The lowest BCUT2D eigenvalue weighted by Gasteiger charge is -2.30. The molecule has 1 fully saturated rings. The molecule has 0 saturated carbocycles. The minimum atomic E-state index is -0.656. The third-order valence-electron chi connectivity index (χ3n) is 4.95. The number of nitrogens with zero attached hydrogens (tertiary/aromatic N) is 1. The largest absolute Gasteiger partial charge is 0.324 e. The van der Waals surface area contributed by atoms with Gasteiger partial charge in [0.25, 0.3) is 0 Å². The first kappa shape index (κ1) is 17.6. The number of benzene rings is 2. The van der Waals surface area contributed by atoms with E-state index in [2.05, 4.69) is 29.3 Å². The summed E-state index contributed by atoms with van der Waals surface area (Å²) in [5.74, 6) is 0.659. The van der Waals surface area contributed by atoms with E-state index in [0.29, 0.717) is 0 Å². The number of piperidine rings is 1. The lowest BCUT2D eigenvalue weighted by molar-refractivity contribution is -0.117. The molecule has 3 N–H and O–H groups in total. The SMILES string of the molecule is CC1CCN(Cc2ccc(NC(=O)C(N)c3ccccc3)cc2)CC1. The van der Waals surface area contributed by atoms with Crippen molar-refractivity contribution in [2.24, 2.45) is 11.7 Å². The van der Waals surface area contributed by atoms with Crippen LogP contribution in [0, 0.1) is 5.92 Å². The van der Waals surface area contributed by atoms with E-state index < -0.39 is 6.04 Å². The molecule has 0 aromatic heterocycles. The highest BCUT2D eigenvalue weighted by molar-refractivity contribution is 5.95. The van der Waals surface area contributed by atoms with Gasteiger partial charge in [0.05, 0.1) is 0 Å². The summed E-state index contributed by atoms with van der Waals surface area (Å²) in [5.41, 5.74) is 8.91. The number of hydrogen-bond acceptors (Lipinski definition) is 3. The van der Waals surface area contributed by atoms with Gasteiger partial charge < -0.3 is 11.1 Å². The van der Waals surface area contributed by atoms with Crippen LogP contribution in [-0.2, 0) is 11.3 Å². The summed E-state index contributed by atoms with van der Waals surface area (Å²) in [6, 6.07) is 16.8. The number of carbonyl (C=O) groups is 1. The van der Waals surface area contributed by atoms with Gasteiger partial charge in [-0.15, -0.1) is 0 Å². The fraction of sp³-hybridized carbons (Fsp3) is 0.381. The number of nitrogens with two attached hydrogens (primary N) is 1. The topological polar surface area (TPSA) is 58.4 Å². The van der Waals surface area contributed by atoms with Gasteiger partial charge in [-0.3, -0.25) is 9.69 Å². The van der Waals surface area contributed by atoms with Crippen LogP contribution in [0.2, 0.25) is 0 Å². The molecule has 1 aliphatic rings. The summed E-state index contributed by atoms with van der Waals surface area (Å²) in [4.78, 5) is 14.8. The molecule has 2 aromatic rings. The summed E-state index contributed by atoms with van der Waals surface area (Å²) >= 11 is 0. The summed E-state index contributed by atoms with van der Waals surface area (Å²) in [5, 5.41) is 2.90. The molecular formula is C21H27N3O. The van der Waals surface area contributed by atoms with Crippen molar-refractivity contribution in [3.63, 3.8) is 0 Å².